The van der Waals surface area contributed by atoms with E-state index >= 15 is 0 Å². The van der Waals surface area contributed by atoms with E-state index in [9.17, 15) is 18.0 Å². The molecule has 0 saturated carbocycles. The molecule has 0 aromatic carbocycles. The van der Waals surface area contributed by atoms with Crippen LogP contribution in [0.4, 0.5) is 13.2 Å². The maximum Gasteiger partial charge on any atom is 0.427 e. The van der Waals surface area contributed by atoms with Crippen molar-refractivity contribution in [3.63, 3.8) is 0 Å². The van der Waals surface area contributed by atoms with Crippen molar-refractivity contribution in [1.82, 2.24) is 0 Å². The van der Waals surface area contributed by atoms with Crippen molar-refractivity contribution in [3.05, 3.63) is 0 Å². The summed E-state index contributed by atoms with van der Waals surface area (Å²) >= 11 is 0. The van der Waals surface area contributed by atoms with Crippen LogP contribution in [-0.2, 0) is 9.53 Å². The van der Waals surface area contributed by atoms with E-state index in [2.05, 4.69) is 4.74 Å². The standard InChI is InChI=1S/C8H13F3O3/c1-3-4-5-14-6(12)7(2,13)8(9,10)11/h13H,3-5H2,1-2H3. The molecule has 84 valence electrons. The van der Waals surface area contributed by atoms with Gasteiger partial charge in [0.15, 0.2) is 0 Å². The molecule has 1 atom stereocenters. The zero-order chi connectivity index (χ0) is 11.4. The van der Waals surface area contributed by atoms with Crippen LogP contribution in [0.3, 0.4) is 0 Å². The Hall–Kier alpha value is -0.780. The molecule has 0 aliphatic heterocycles. The predicted octanol–water partition coefficient (Wildman–Crippen LogP) is 1.64. The Kier molecular flexibility index (Phi) is 4.38. The molecule has 0 aliphatic rings. The number of hydrogen-bond donors (Lipinski definition) is 1. The minimum absolute atomic E-state index is 0.110. The molecule has 6 heteroatoms. The van der Waals surface area contributed by atoms with Gasteiger partial charge in [-0.1, -0.05) is 13.3 Å². The highest BCUT2D eigenvalue weighted by atomic mass is 19.4. The quantitative estimate of drug-likeness (QED) is 0.571. The fourth-order valence-corrected chi connectivity index (χ4v) is 0.565. The number of hydrogen-bond acceptors (Lipinski definition) is 3. The van der Waals surface area contributed by atoms with Crippen LogP contribution in [0.1, 0.15) is 26.7 Å². The van der Waals surface area contributed by atoms with Gasteiger partial charge >= 0.3 is 12.1 Å². The van der Waals surface area contributed by atoms with Gasteiger partial charge in [0.1, 0.15) is 0 Å². The summed E-state index contributed by atoms with van der Waals surface area (Å²) in [6.45, 7) is 2.07. The average molecular weight is 214 g/mol. The van der Waals surface area contributed by atoms with Crippen LogP contribution in [0.2, 0.25) is 0 Å². The topological polar surface area (TPSA) is 46.5 Å². The van der Waals surface area contributed by atoms with Gasteiger partial charge in [0.25, 0.3) is 5.60 Å². The molecule has 0 amide bonds. The van der Waals surface area contributed by atoms with Gasteiger partial charge in [-0.05, 0) is 13.3 Å². The molecule has 3 nitrogen and oxygen atoms in total. The molecule has 0 aromatic rings. The minimum Gasteiger partial charge on any atom is -0.463 e. The van der Waals surface area contributed by atoms with Crippen LogP contribution in [0, 0.1) is 0 Å². The summed E-state index contributed by atoms with van der Waals surface area (Å²) in [5.41, 5.74) is -3.42. The van der Waals surface area contributed by atoms with Gasteiger partial charge in [0, 0.05) is 0 Å². The third-order valence-electron chi connectivity index (χ3n) is 1.68. The Morgan fingerprint density at radius 3 is 2.29 bits per heavy atom. The fourth-order valence-electron chi connectivity index (χ4n) is 0.565. The lowest BCUT2D eigenvalue weighted by molar-refractivity contribution is -0.256. The van der Waals surface area contributed by atoms with E-state index < -0.39 is 17.7 Å². The van der Waals surface area contributed by atoms with Crippen molar-refractivity contribution >= 4 is 5.97 Å². The third kappa shape index (κ3) is 3.17. The summed E-state index contributed by atoms with van der Waals surface area (Å²) in [5.74, 6) is -1.65. The lowest BCUT2D eigenvalue weighted by Gasteiger charge is -2.23. The first-order chi connectivity index (χ1) is 6.23. The van der Waals surface area contributed by atoms with Gasteiger partial charge in [-0.2, -0.15) is 13.2 Å². The molecule has 0 spiro atoms. The van der Waals surface area contributed by atoms with Crippen molar-refractivity contribution in [1.29, 1.82) is 0 Å². The zero-order valence-electron chi connectivity index (χ0n) is 8.02. The summed E-state index contributed by atoms with van der Waals surface area (Å²) in [4.78, 5) is 10.8. The van der Waals surface area contributed by atoms with Crippen molar-refractivity contribution < 1.29 is 27.8 Å². The molecule has 0 fully saturated rings. The second-order valence-corrected chi connectivity index (χ2v) is 3.06. The minimum atomic E-state index is -5.00. The summed E-state index contributed by atoms with van der Waals surface area (Å²) in [6, 6.07) is 0. The highest BCUT2D eigenvalue weighted by Gasteiger charge is 2.57. The van der Waals surface area contributed by atoms with E-state index in [1.807, 2.05) is 0 Å². The Bertz CT molecular complexity index is 198. The van der Waals surface area contributed by atoms with Crippen molar-refractivity contribution in [2.45, 2.75) is 38.5 Å². The Morgan fingerprint density at radius 2 is 1.93 bits per heavy atom. The number of unbranched alkanes of at least 4 members (excludes halogenated alkanes) is 1. The van der Waals surface area contributed by atoms with Crippen LogP contribution in [0.15, 0.2) is 0 Å². The number of ether oxygens (including phenoxy) is 1. The van der Waals surface area contributed by atoms with Crippen LogP contribution in [-0.4, -0.2) is 29.5 Å². The highest BCUT2D eigenvalue weighted by Crippen LogP contribution is 2.30. The van der Waals surface area contributed by atoms with Crippen molar-refractivity contribution in [2.75, 3.05) is 6.61 Å². The molecule has 0 heterocycles. The molecule has 0 rings (SSSR count). The van der Waals surface area contributed by atoms with Crippen LogP contribution < -0.4 is 0 Å². The lowest BCUT2D eigenvalue weighted by Crippen LogP contribution is -2.50. The summed E-state index contributed by atoms with van der Waals surface area (Å²) in [7, 11) is 0. The Morgan fingerprint density at radius 1 is 1.43 bits per heavy atom. The molecule has 14 heavy (non-hydrogen) atoms. The summed E-state index contributed by atoms with van der Waals surface area (Å²) in [6.07, 6.45) is -3.84. The molecular weight excluding hydrogens is 201 g/mol. The van der Waals surface area contributed by atoms with Gasteiger partial charge < -0.3 is 9.84 Å². The molecule has 0 radical (unpaired) electrons. The van der Waals surface area contributed by atoms with E-state index in [4.69, 9.17) is 5.11 Å². The fraction of sp³-hybridized carbons (Fsp3) is 0.875. The first-order valence-corrected chi connectivity index (χ1v) is 4.19. The van der Waals surface area contributed by atoms with Gasteiger partial charge in [-0.3, -0.25) is 0 Å². The van der Waals surface area contributed by atoms with E-state index in [0.29, 0.717) is 19.8 Å². The first-order valence-electron chi connectivity index (χ1n) is 4.19. The third-order valence-corrected chi connectivity index (χ3v) is 1.68. The van der Waals surface area contributed by atoms with Crippen LogP contribution >= 0.6 is 0 Å². The molecule has 0 aliphatic carbocycles. The maximum atomic E-state index is 12.0. The van der Waals surface area contributed by atoms with Gasteiger partial charge in [-0.15, -0.1) is 0 Å². The van der Waals surface area contributed by atoms with Crippen molar-refractivity contribution in [2.24, 2.45) is 0 Å². The predicted molar refractivity (Wildman–Crippen MR) is 42.5 cm³/mol. The maximum absolute atomic E-state index is 12.0. The van der Waals surface area contributed by atoms with Crippen LogP contribution in [0.5, 0.6) is 0 Å². The van der Waals surface area contributed by atoms with E-state index in [0.717, 1.165) is 0 Å². The van der Waals surface area contributed by atoms with E-state index in [1.54, 1.807) is 6.92 Å². The normalized spacial score (nSPS) is 16.1. The smallest absolute Gasteiger partial charge is 0.427 e. The molecule has 1 unspecified atom stereocenters. The van der Waals surface area contributed by atoms with E-state index in [-0.39, 0.29) is 6.61 Å². The van der Waals surface area contributed by atoms with Gasteiger partial charge in [-0.25, -0.2) is 4.79 Å². The largest absolute Gasteiger partial charge is 0.463 e. The number of rotatable bonds is 4. The molecular formula is C8H13F3O3. The van der Waals surface area contributed by atoms with Gasteiger partial charge in [0.2, 0.25) is 0 Å². The van der Waals surface area contributed by atoms with E-state index in [1.165, 1.54) is 0 Å². The van der Waals surface area contributed by atoms with Crippen molar-refractivity contribution in [3.8, 4) is 0 Å². The second-order valence-electron chi connectivity index (χ2n) is 3.06. The lowest BCUT2D eigenvalue weighted by atomic mass is 10.1. The number of carbonyl (C=O) groups excluding carboxylic acids is 1. The van der Waals surface area contributed by atoms with Crippen LogP contribution in [0.25, 0.3) is 0 Å². The number of aliphatic hydroxyl groups is 1. The molecule has 0 saturated heterocycles. The number of carbonyl (C=O) groups is 1. The van der Waals surface area contributed by atoms with Gasteiger partial charge in [0.05, 0.1) is 6.61 Å². The number of alkyl halides is 3. The SMILES string of the molecule is CCCCOC(=O)C(C)(O)C(F)(F)F. The Balaban J connectivity index is 4.23. The summed E-state index contributed by atoms with van der Waals surface area (Å²) < 4.78 is 40.4. The number of halogens is 3. The zero-order valence-corrected chi connectivity index (χ0v) is 8.02. The summed E-state index contributed by atoms with van der Waals surface area (Å²) in [5, 5.41) is 8.82. The molecule has 0 aromatic heterocycles. The number of esters is 1. The highest BCUT2D eigenvalue weighted by molar-refractivity contribution is 5.79. The molecule has 1 N–H and O–H groups in total. The average Bonchev–Trinajstić information content (AvgIpc) is 2.02. The second kappa shape index (κ2) is 4.63. The first kappa shape index (κ1) is 13.2. The molecule has 0 bridgehead atoms. The monoisotopic (exact) mass is 214 g/mol. The Labute approximate surface area is 79.9 Å².